The molecule has 0 saturated heterocycles. The molecule has 0 aliphatic carbocycles. The molecule has 0 aromatic carbocycles. The summed E-state index contributed by atoms with van der Waals surface area (Å²) >= 11 is 0. The van der Waals surface area contributed by atoms with E-state index in [2.05, 4.69) is 22.2 Å². The maximum absolute atomic E-state index is 8.99. The van der Waals surface area contributed by atoms with Crippen molar-refractivity contribution in [3.05, 3.63) is 5.56 Å². The minimum Gasteiger partial charge on any atom is -0.480 e. The molecule has 0 spiro atoms. The van der Waals surface area contributed by atoms with Gasteiger partial charge in [-0.05, 0) is 6.42 Å². The predicted octanol–water partition coefficient (Wildman–Crippen LogP) is 1.97. The van der Waals surface area contributed by atoms with Gasteiger partial charge < -0.3 is 14.8 Å². The number of anilines is 1. The van der Waals surface area contributed by atoms with Crippen LogP contribution in [-0.4, -0.2) is 30.7 Å². The molecule has 0 radical (unpaired) electrons. The summed E-state index contributed by atoms with van der Waals surface area (Å²) in [5.74, 6) is 0.864. The highest BCUT2D eigenvalue weighted by molar-refractivity contribution is 5.49. The number of rotatable bonds is 7. The van der Waals surface area contributed by atoms with Gasteiger partial charge >= 0.3 is 0 Å². The number of nitrogens with one attached hydrogen (secondary N) is 1. The maximum Gasteiger partial charge on any atom is 0.240 e. The Morgan fingerprint density at radius 2 is 1.78 bits per heavy atom. The van der Waals surface area contributed by atoms with Gasteiger partial charge in [0.1, 0.15) is 6.07 Å². The molecule has 6 nitrogen and oxygen atoms in total. The molecular formula is C12H18N4O2. The molecule has 0 fully saturated rings. The first kappa shape index (κ1) is 14.0. The zero-order valence-electron chi connectivity index (χ0n) is 11.0. The fraction of sp³-hybridized carbons (Fsp3) is 0.583. The van der Waals surface area contributed by atoms with Gasteiger partial charge in [0, 0.05) is 6.54 Å². The van der Waals surface area contributed by atoms with Crippen LogP contribution in [0.25, 0.3) is 0 Å². The van der Waals surface area contributed by atoms with Gasteiger partial charge in [-0.15, -0.1) is 0 Å². The van der Waals surface area contributed by atoms with E-state index in [1.165, 1.54) is 14.2 Å². The monoisotopic (exact) mass is 250 g/mol. The van der Waals surface area contributed by atoms with Crippen LogP contribution in [-0.2, 0) is 0 Å². The Bertz CT molecular complexity index is 404. The molecule has 1 aromatic rings. The van der Waals surface area contributed by atoms with Gasteiger partial charge in [0.25, 0.3) is 0 Å². The van der Waals surface area contributed by atoms with Crippen molar-refractivity contribution in [1.82, 2.24) is 9.97 Å². The summed E-state index contributed by atoms with van der Waals surface area (Å²) in [6, 6.07) is 1.97. The van der Waals surface area contributed by atoms with E-state index in [4.69, 9.17) is 14.7 Å². The van der Waals surface area contributed by atoms with E-state index < -0.39 is 0 Å². The molecule has 1 heterocycles. The highest BCUT2D eigenvalue weighted by Crippen LogP contribution is 2.25. The van der Waals surface area contributed by atoms with Crippen LogP contribution >= 0.6 is 0 Å². The second kappa shape index (κ2) is 7.33. The van der Waals surface area contributed by atoms with Gasteiger partial charge in [-0.2, -0.15) is 15.2 Å². The zero-order chi connectivity index (χ0) is 13.4. The van der Waals surface area contributed by atoms with Gasteiger partial charge in [-0.1, -0.05) is 19.8 Å². The third kappa shape index (κ3) is 3.48. The number of methoxy groups -OCH3 is 2. The lowest BCUT2D eigenvalue weighted by Gasteiger charge is -2.09. The Labute approximate surface area is 107 Å². The van der Waals surface area contributed by atoms with Gasteiger partial charge in [-0.3, -0.25) is 0 Å². The molecule has 1 N–H and O–H groups in total. The lowest BCUT2D eigenvalue weighted by atomic mass is 10.2. The summed E-state index contributed by atoms with van der Waals surface area (Å²) in [6.07, 6.45) is 3.35. The number of nitrogens with zero attached hydrogens (tertiary/aromatic N) is 3. The van der Waals surface area contributed by atoms with Crippen molar-refractivity contribution in [3.63, 3.8) is 0 Å². The van der Waals surface area contributed by atoms with Gasteiger partial charge in [0.15, 0.2) is 5.56 Å². The van der Waals surface area contributed by atoms with E-state index in [1.54, 1.807) is 0 Å². The number of hydrogen-bond acceptors (Lipinski definition) is 6. The molecule has 0 unspecified atom stereocenters. The average molecular weight is 250 g/mol. The Morgan fingerprint density at radius 1 is 1.17 bits per heavy atom. The SMILES string of the molecule is CCCCCNc1nc(OC)c(C#N)c(OC)n1. The molecule has 0 amide bonds. The topological polar surface area (TPSA) is 80.1 Å². The summed E-state index contributed by atoms with van der Waals surface area (Å²) in [5.41, 5.74) is 0.208. The normalized spacial score (nSPS) is 9.67. The second-order valence-electron chi connectivity index (χ2n) is 3.69. The third-order valence-corrected chi connectivity index (χ3v) is 2.40. The molecule has 1 aromatic heterocycles. The number of hydrogen-bond donors (Lipinski definition) is 1. The van der Waals surface area contributed by atoms with E-state index in [1.807, 2.05) is 6.07 Å². The number of aromatic nitrogens is 2. The van der Waals surface area contributed by atoms with Crippen LogP contribution in [0.3, 0.4) is 0 Å². The summed E-state index contributed by atoms with van der Waals surface area (Å²) in [6.45, 7) is 2.93. The largest absolute Gasteiger partial charge is 0.480 e. The minimum atomic E-state index is 0.208. The fourth-order valence-corrected chi connectivity index (χ4v) is 1.47. The molecular weight excluding hydrogens is 232 g/mol. The zero-order valence-corrected chi connectivity index (χ0v) is 11.0. The fourth-order valence-electron chi connectivity index (χ4n) is 1.47. The molecule has 0 saturated carbocycles. The Balaban J connectivity index is 2.84. The number of nitriles is 1. The second-order valence-corrected chi connectivity index (χ2v) is 3.69. The lowest BCUT2D eigenvalue weighted by molar-refractivity contribution is 0.370. The van der Waals surface area contributed by atoms with E-state index in [0.717, 1.165) is 25.8 Å². The highest BCUT2D eigenvalue weighted by Gasteiger charge is 2.15. The van der Waals surface area contributed by atoms with Crippen LogP contribution in [0.1, 0.15) is 31.7 Å². The molecule has 98 valence electrons. The first-order chi connectivity index (χ1) is 8.76. The van der Waals surface area contributed by atoms with E-state index in [9.17, 15) is 0 Å². The average Bonchev–Trinajstić information content (AvgIpc) is 2.42. The van der Waals surface area contributed by atoms with E-state index >= 15 is 0 Å². The van der Waals surface area contributed by atoms with Crippen LogP contribution < -0.4 is 14.8 Å². The molecule has 0 aliphatic heterocycles. The smallest absolute Gasteiger partial charge is 0.240 e. The van der Waals surface area contributed by atoms with Crippen LogP contribution in [0.15, 0.2) is 0 Å². The van der Waals surface area contributed by atoms with Crippen LogP contribution in [0, 0.1) is 11.3 Å². The van der Waals surface area contributed by atoms with E-state index in [0.29, 0.717) is 5.95 Å². The maximum atomic E-state index is 8.99. The van der Waals surface area contributed by atoms with Gasteiger partial charge in [-0.25, -0.2) is 0 Å². The van der Waals surface area contributed by atoms with E-state index in [-0.39, 0.29) is 17.3 Å². The minimum absolute atomic E-state index is 0.208. The standard InChI is InChI=1S/C12H18N4O2/c1-4-5-6-7-14-12-15-10(17-2)9(8-13)11(16-12)18-3/h4-7H2,1-3H3,(H,14,15,16). The lowest BCUT2D eigenvalue weighted by Crippen LogP contribution is -2.08. The molecule has 1 rings (SSSR count). The van der Waals surface area contributed by atoms with Crippen molar-refractivity contribution >= 4 is 5.95 Å². The van der Waals surface area contributed by atoms with Gasteiger partial charge in [0.05, 0.1) is 14.2 Å². The Morgan fingerprint density at radius 3 is 2.22 bits per heavy atom. The highest BCUT2D eigenvalue weighted by atomic mass is 16.5. The predicted molar refractivity (Wildman–Crippen MR) is 67.9 cm³/mol. The first-order valence-electron chi connectivity index (χ1n) is 5.90. The van der Waals surface area contributed by atoms with Crippen molar-refractivity contribution in [3.8, 4) is 17.8 Å². The molecule has 0 atom stereocenters. The quantitative estimate of drug-likeness (QED) is 0.745. The Kier molecular flexibility index (Phi) is 5.71. The van der Waals surface area contributed by atoms with Crippen molar-refractivity contribution in [2.24, 2.45) is 0 Å². The van der Waals surface area contributed by atoms with Crippen LogP contribution in [0.2, 0.25) is 0 Å². The molecule has 18 heavy (non-hydrogen) atoms. The van der Waals surface area contributed by atoms with Crippen LogP contribution in [0.4, 0.5) is 5.95 Å². The molecule has 6 heteroatoms. The summed E-state index contributed by atoms with van der Waals surface area (Å²) in [4.78, 5) is 8.24. The number of ether oxygens (including phenoxy) is 2. The first-order valence-corrected chi connectivity index (χ1v) is 5.90. The molecule has 0 bridgehead atoms. The van der Waals surface area contributed by atoms with Gasteiger partial charge in [0.2, 0.25) is 17.7 Å². The van der Waals surface area contributed by atoms with Crippen molar-refractivity contribution < 1.29 is 9.47 Å². The third-order valence-electron chi connectivity index (χ3n) is 2.40. The Hall–Kier alpha value is -2.03. The van der Waals surface area contributed by atoms with Crippen molar-refractivity contribution in [1.29, 1.82) is 5.26 Å². The summed E-state index contributed by atoms with van der Waals surface area (Å²) in [7, 11) is 2.92. The van der Waals surface area contributed by atoms with Crippen molar-refractivity contribution in [2.45, 2.75) is 26.2 Å². The van der Waals surface area contributed by atoms with Crippen LogP contribution in [0.5, 0.6) is 11.8 Å². The molecule has 0 aliphatic rings. The summed E-state index contributed by atoms with van der Waals surface area (Å²) in [5, 5.41) is 12.1. The number of unbranched alkanes of at least 4 members (excludes halogenated alkanes) is 2. The summed E-state index contributed by atoms with van der Waals surface area (Å²) < 4.78 is 10.1. The van der Waals surface area contributed by atoms with Crippen molar-refractivity contribution in [2.75, 3.05) is 26.1 Å².